The summed E-state index contributed by atoms with van der Waals surface area (Å²) in [6.07, 6.45) is 0. The zero-order valence-electron chi connectivity index (χ0n) is 14.3. The average Bonchev–Trinajstić information content (AvgIpc) is 3.12. The number of rotatable bonds is 5. The van der Waals surface area contributed by atoms with Gasteiger partial charge in [0.2, 0.25) is 0 Å². The third kappa shape index (κ3) is 3.42. The number of H-pyrrole nitrogens is 1. The molecule has 26 heavy (non-hydrogen) atoms. The van der Waals surface area contributed by atoms with E-state index in [0.717, 1.165) is 17.3 Å². The molecule has 0 unspecified atom stereocenters. The maximum atomic E-state index is 14.1. The van der Waals surface area contributed by atoms with Crippen molar-refractivity contribution < 1.29 is 18.3 Å². The first kappa shape index (κ1) is 17.6. The van der Waals surface area contributed by atoms with Crippen molar-refractivity contribution in [3.8, 4) is 17.0 Å². The standard InChI is InChI=1S/C19H17F2N3O2/c1-24(19(25)17-16(26-2)9-8-14(20)18(17)21)11-13-10-15(23-22-13)12-6-4-3-5-7-12/h3-10H,11H2,1-2H3,(H,22,23). The molecule has 3 rings (SSSR count). The van der Waals surface area contributed by atoms with Gasteiger partial charge in [-0.2, -0.15) is 5.10 Å². The summed E-state index contributed by atoms with van der Waals surface area (Å²) in [7, 11) is 2.79. The van der Waals surface area contributed by atoms with Crippen LogP contribution in [0.3, 0.4) is 0 Å². The van der Waals surface area contributed by atoms with Crippen molar-refractivity contribution in [3.05, 3.63) is 71.4 Å². The van der Waals surface area contributed by atoms with E-state index in [4.69, 9.17) is 4.74 Å². The van der Waals surface area contributed by atoms with E-state index < -0.39 is 23.1 Å². The van der Waals surface area contributed by atoms with Gasteiger partial charge in [-0.15, -0.1) is 0 Å². The lowest BCUT2D eigenvalue weighted by atomic mass is 10.1. The minimum absolute atomic E-state index is 0.0182. The molecule has 0 spiro atoms. The van der Waals surface area contributed by atoms with Gasteiger partial charge in [0.05, 0.1) is 25.0 Å². The molecule has 0 aliphatic rings. The quantitative estimate of drug-likeness (QED) is 0.758. The lowest BCUT2D eigenvalue weighted by Crippen LogP contribution is -2.28. The molecule has 1 aromatic heterocycles. The molecule has 0 saturated carbocycles. The highest BCUT2D eigenvalue weighted by Gasteiger charge is 2.24. The first-order chi connectivity index (χ1) is 12.5. The van der Waals surface area contributed by atoms with Crippen molar-refractivity contribution in [2.24, 2.45) is 0 Å². The van der Waals surface area contributed by atoms with E-state index in [2.05, 4.69) is 10.2 Å². The monoisotopic (exact) mass is 357 g/mol. The Morgan fingerprint density at radius 1 is 1.19 bits per heavy atom. The lowest BCUT2D eigenvalue weighted by molar-refractivity contribution is 0.0774. The third-order valence-corrected chi connectivity index (χ3v) is 3.95. The molecule has 1 N–H and O–H groups in total. The van der Waals surface area contributed by atoms with Gasteiger partial charge in [-0.25, -0.2) is 8.78 Å². The summed E-state index contributed by atoms with van der Waals surface area (Å²) >= 11 is 0. The van der Waals surface area contributed by atoms with Crippen LogP contribution < -0.4 is 4.74 Å². The fraction of sp³-hybridized carbons (Fsp3) is 0.158. The second-order valence-corrected chi connectivity index (χ2v) is 5.74. The van der Waals surface area contributed by atoms with Crippen LogP contribution in [0, 0.1) is 11.6 Å². The number of ether oxygens (including phenoxy) is 1. The summed E-state index contributed by atoms with van der Waals surface area (Å²) in [6.45, 7) is 0.151. The first-order valence-electron chi connectivity index (χ1n) is 7.88. The second kappa shape index (κ2) is 7.35. The Bertz CT molecular complexity index is 926. The molecule has 0 radical (unpaired) electrons. The predicted molar refractivity (Wildman–Crippen MR) is 92.7 cm³/mol. The van der Waals surface area contributed by atoms with Gasteiger partial charge in [-0.3, -0.25) is 9.89 Å². The number of nitrogens with zero attached hydrogens (tertiary/aromatic N) is 2. The van der Waals surface area contributed by atoms with Crippen molar-refractivity contribution in [1.82, 2.24) is 15.1 Å². The Morgan fingerprint density at radius 2 is 1.92 bits per heavy atom. The molecule has 134 valence electrons. The summed E-state index contributed by atoms with van der Waals surface area (Å²) in [5, 5.41) is 7.07. The SMILES string of the molecule is COc1ccc(F)c(F)c1C(=O)N(C)Cc1cc(-c2ccccc2)n[nH]1. The Hall–Kier alpha value is -3.22. The minimum atomic E-state index is -1.23. The highest BCUT2D eigenvalue weighted by atomic mass is 19.2. The van der Waals surface area contributed by atoms with Crippen molar-refractivity contribution in [3.63, 3.8) is 0 Å². The number of amides is 1. The third-order valence-electron chi connectivity index (χ3n) is 3.95. The smallest absolute Gasteiger partial charge is 0.260 e. The number of benzene rings is 2. The highest BCUT2D eigenvalue weighted by Crippen LogP contribution is 2.25. The molecule has 0 aliphatic carbocycles. The van der Waals surface area contributed by atoms with E-state index >= 15 is 0 Å². The van der Waals surface area contributed by atoms with E-state index in [-0.39, 0.29) is 12.3 Å². The van der Waals surface area contributed by atoms with Gasteiger partial charge in [-0.1, -0.05) is 30.3 Å². The lowest BCUT2D eigenvalue weighted by Gasteiger charge is -2.18. The molecule has 0 bridgehead atoms. The van der Waals surface area contributed by atoms with Crippen LogP contribution in [0.2, 0.25) is 0 Å². The Morgan fingerprint density at radius 3 is 2.62 bits per heavy atom. The summed E-state index contributed by atoms with van der Waals surface area (Å²) < 4.78 is 32.6. The topological polar surface area (TPSA) is 58.2 Å². The number of methoxy groups -OCH3 is 1. The van der Waals surface area contributed by atoms with Gasteiger partial charge in [0.25, 0.3) is 5.91 Å². The largest absolute Gasteiger partial charge is 0.496 e. The molecule has 1 amide bonds. The van der Waals surface area contributed by atoms with Crippen molar-refractivity contribution in [2.75, 3.05) is 14.2 Å². The number of hydrogen-bond acceptors (Lipinski definition) is 3. The number of aromatic nitrogens is 2. The number of nitrogens with one attached hydrogen (secondary N) is 1. The van der Waals surface area contributed by atoms with Crippen LogP contribution in [0.5, 0.6) is 5.75 Å². The normalized spacial score (nSPS) is 10.6. The number of halogens is 2. The van der Waals surface area contributed by atoms with Crippen LogP contribution in [0.15, 0.2) is 48.5 Å². The van der Waals surface area contributed by atoms with Gasteiger partial charge in [0, 0.05) is 12.6 Å². The molecule has 2 aromatic carbocycles. The maximum absolute atomic E-state index is 14.1. The summed E-state index contributed by atoms with van der Waals surface area (Å²) in [5.41, 5.74) is 1.89. The van der Waals surface area contributed by atoms with E-state index in [1.807, 2.05) is 30.3 Å². The molecule has 1 heterocycles. The minimum Gasteiger partial charge on any atom is -0.496 e. The molecule has 5 nitrogen and oxygen atoms in total. The number of hydrogen-bond donors (Lipinski definition) is 1. The Balaban J connectivity index is 1.81. The van der Waals surface area contributed by atoms with E-state index in [0.29, 0.717) is 5.69 Å². The van der Waals surface area contributed by atoms with Gasteiger partial charge >= 0.3 is 0 Å². The highest BCUT2D eigenvalue weighted by molar-refractivity contribution is 5.97. The second-order valence-electron chi connectivity index (χ2n) is 5.74. The number of carbonyl (C=O) groups is 1. The van der Waals surface area contributed by atoms with Crippen LogP contribution in [-0.4, -0.2) is 35.2 Å². The first-order valence-corrected chi connectivity index (χ1v) is 7.88. The van der Waals surface area contributed by atoms with Gasteiger partial charge < -0.3 is 9.64 Å². The van der Waals surface area contributed by atoms with Crippen LogP contribution >= 0.6 is 0 Å². The predicted octanol–water partition coefficient (Wildman–Crippen LogP) is 3.64. The van der Waals surface area contributed by atoms with E-state index in [9.17, 15) is 13.6 Å². The molecular formula is C19H17F2N3O2. The van der Waals surface area contributed by atoms with Gasteiger partial charge in [0.15, 0.2) is 11.6 Å². The van der Waals surface area contributed by atoms with Crippen LogP contribution in [0.25, 0.3) is 11.3 Å². The Kier molecular flexibility index (Phi) is 4.97. The molecule has 7 heteroatoms. The van der Waals surface area contributed by atoms with Gasteiger partial charge in [0.1, 0.15) is 11.3 Å². The van der Waals surface area contributed by atoms with Crippen LogP contribution in [-0.2, 0) is 6.54 Å². The maximum Gasteiger partial charge on any atom is 0.260 e. The molecule has 0 saturated heterocycles. The fourth-order valence-electron chi connectivity index (χ4n) is 2.62. The fourth-order valence-corrected chi connectivity index (χ4v) is 2.62. The molecule has 3 aromatic rings. The summed E-state index contributed by atoms with van der Waals surface area (Å²) in [6, 6.07) is 13.5. The van der Waals surface area contributed by atoms with Gasteiger partial charge in [-0.05, 0) is 18.2 Å². The van der Waals surface area contributed by atoms with Crippen LogP contribution in [0.4, 0.5) is 8.78 Å². The Labute approximate surface area is 149 Å². The van der Waals surface area contributed by atoms with Crippen molar-refractivity contribution in [1.29, 1.82) is 0 Å². The molecular weight excluding hydrogens is 340 g/mol. The summed E-state index contributed by atoms with van der Waals surface area (Å²) in [4.78, 5) is 13.9. The zero-order valence-corrected chi connectivity index (χ0v) is 14.3. The molecule has 0 fully saturated rings. The summed E-state index contributed by atoms with van der Waals surface area (Å²) in [5.74, 6) is -3.03. The van der Waals surface area contributed by atoms with E-state index in [1.54, 1.807) is 6.07 Å². The number of aromatic amines is 1. The van der Waals surface area contributed by atoms with E-state index in [1.165, 1.54) is 25.1 Å². The van der Waals surface area contributed by atoms with Crippen molar-refractivity contribution >= 4 is 5.91 Å². The van der Waals surface area contributed by atoms with Crippen LogP contribution in [0.1, 0.15) is 16.1 Å². The zero-order chi connectivity index (χ0) is 18.7. The molecule has 0 aliphatic heterocycles. The van der Waals surface area contributed by atoms with Crippen molar-refractivity contribution in [2.45, 2.75) is 6.54 Å². The average molecular weight is 357 g/mol. The molecule has 0 atom stereocenters. The number of carbonyl (C=O) groups excluding carboxylic acids is 1.